The molecule has 118 valence electrons. The number of amides is 1. The summed E-state index contributed by atoms with van der Waals surface area (Å²) in [6.07, 6.45) is 0.935. The minimum atomic E-state index is -0.319. The minimum Gasteiger partial charge on any atom is -0.483 e. The monoisotopic (exact) mass is 296 g/mol. The molecule has 0 aliphatic heterocycles. The van der Waals surface area contributed by atoms with Gasteiger partial charge in [0.05, 0.1) is 0 Å². The number of hydrogen-bond donors (Lipinski definition) is 2. The molecule has 0 aliphatic rings. The summed E-state index contributed by atoms with van der Waals surface area (Å²) in [7, 11) is 1.79. The van der Waals surface area contributed by atoms with Crippen molar-refractivity contribution in [1.82, 2.24) is 10.6 Å². The van der Waals surface area contributed by atoms with Gasteiger partial charge in [0.1, 0.15) is 11.6 Å². The third kappa shape index (κ3) is 6.12. The number of carbonyl (C=O) groups is 1. The Morgan fingerprint density at radius 1 is 1.33 bits per heavy atom. The fraction of sp³-hybridized carbons (Fsp3) is 0.562. The van der Waals surface area contributed by atoms with Crippen LogP contribution in [0.25, 0.3) is 0 Å². The lowest BCUT2D eigenvalue weighted by atomic mass is 10.1. The molecule has 0 fully saturated rings. The zero-order valence-corrected chi connectivity index (χ0v) is 13.2. The van der Waals surface area contributed by atoms with E-state index in [1.54, 1.807) is 13.1 Å². The van der Waals surface area contributed by atoms with Crippen molar-refractivity contribution in [3.8, 4) is 5.75 Å². The van der Waals surface area contributed by atoms with Crippen LogP contribution in [-0.4, -0.2) is 26.1 Å². The lowest BCUT2D eigenvalue weighted by Gasteiger charge is -2.16. The molecule has 0 bridgehead atoms. The van der Waals surface area contributed by atoms with Crippen molar-refractivity contribution >= 4 is 5.91 Å². The Kier molecular flexibility index (Phi) is 7.15. The summed E-state index contributed by atoms with van der Waals surface area (Å²) in [4.78, 5) is 11.7. The standard InChI is InChI=1S/C16H25FN2O2/c1-11(2)7-8-19-16(20)10-21-15-6-5-13(17)9-14(15)12(3)18-4/h5-6,9,11-12,18H,7-8,10H2,1-4H3,(H,19,20). The molecular weight excluding hydrogens is 271 g/mol. The summed E-state index contributed by atoms with van der Waals surface area (Å²) >= 11 is 0. The van der Waals surface area contributed by atoms with Crippen LogP contribution in [0.5, 0.6) is 5.75 Å². The van der Waals surface area contributed by atoms with E-state index in [4.69, 9.17) is 4.74 Å². The van der Waals surface area contributed by atoms with E-state index in [9.17, 15) is 9.18 Å². The average molecular weight is 296 g/mol. The Balaban J connectivity index is 2.56. The molecule has 0 aliphatic carbocycles. The van der Waals surface area contributed by atoms with Crippen LogP contribution in [0.4, 0.5) is 4.39 Å². The highest BCUT2D eigenvalue weighted by Crippen LogP contribution is 2.25. The van der Waals surface area contributed by atoms with Gasteiger partial charge in [0.15, 0.2) is 6.61 Å². The van der Waals surface area contributed by atoms with Crippen molar-refractivity contribution in [3.05, 3.63) is 29.6 Å². The predicted molar refractivity (Wildman–Crippen MR) is 81.8 cm³/mol. The number of rotatable bonds is 8. The SMILES string of the molecule is CNC(C)c1cc(F)ccc1OCC(=O)NCCC(C)C. The van der Waals surface area contributed by atoms with Gasteiger partial charge in [-0.1, -0.05) is 13.8 Å². The molecule has 1 rings (SSSR count). The maximum absolute atomic E-state index is 13.3. The minimum absolute atomic E-state index is 0.0558. The maximum atomic E-state index is 13.3. The summed E-state index contributed by atoms with van der Waals surface area (Å²) in [5, 5.41) is 5.84. The van der Waals surface area contributed by atoms with Crippen molar-refractivity contribution in [3.63, 3.8) is 0 Å². The predicted octanol–water partition coefficient (Wildman–Crippen LogP) is 2.65. The van der Waals surface area contributed by atoms with Gasteiger partial charge in [-0.2, -0.15) is 0 Å². The molecule has 2 N–H and O–H groups in total. The van der Waals surface area contributed by atoms with E-state index in [1.165, 1.54) is 12.1 Å². The lowest BCUT2D eigenvalue weighted by molar-refractivity contribution is -0.123. The number of ether oxygens (including phenoxy) is 1. The molecule has 1 unspecified atom stereocenters. The molecule has 1 aromatic rings. The van der Waals surface area contributed by atoms with Crippen molar-refractivity contribution in [2.45, 2.75) is 33.2 Å². The van der Waals surface area contributed by atoms with E-state index < -0.39 is 0 Å². The van der Waals surface area contributed by atoms with Gasteiger partial charge < -0.3 is 15.4 Å². The Morgan fingerprint density at radius 2 is 2.05 bits per heavy atom. The molecule has 5 heteroatoms. The van der Waals surface area contributed by atoms with E-state index in [0.29, 0.717) is 23.8 Å². The highest BCUT2D eigenvalue weighted by atomic mass is 19.1. The third-order valence-corrected chi connectivity index (χ3v) is 3.27. The second-order valence-corrected chi connectivity index (χ2v) is 5.51. The molecule has 0 spiro atoms. The molecule has 0 radical (unpaired) electrons. The Hall–Kier alpha value is -1.62. The van der Waals surface area contributed by atoms with Gasteiger partial charge in [0.25, 0.3) is 5.91 Å². The summed E-state index contributed by atoms with van der Waals surface area (Å²) in [6, 6.07) is 4.25. The smallest absolute Gasteiger partial charge is 0.257 e. The number of nitrogens with one attached hydrogen (secondary N) is 2. The normalized spacial score (nSPS) is 12.3. The molecule has 0 saturated heterocycles. The first-order chi connectivity index (χ1) is 9.93. The van der Waals surface area contributed by atoms with E-state index in [1.807, 2.05) is 6.92 Å². The Bertz CT molecular complexity index is 464. The number of hydrogen-bond acceptors (Lipinski definition) is 3. The highest BCUT2D eigenvalue weighted by Gasteiger charge is 2.12. The van der Waals surface area contributed by atoms with Gasteiger partial charge in [-0.25, -0.2) is 4.39 Å². The number of halogens is 1. The molecular formula is C16H25FN2O2. The molecule has 1 amide bonds. The molecule has 0 aromatic heterocycles. The largest absolute Gasteiger partial charge is 0.483 e. The topological polar surface area (TPSA) is 50.4 Å². The third-order valence-electron chi connectivity index (χ3n) is 3.27. The Labute approximate surface area is 126 Å². The second-order valence-electron chi connectivity index (χ2n) is 5.51. The zero-order chi connectivity index (χ0) is 15.8. The van der Waals surface area contributed by atoms with E-state index in [0.717, 1.165) is 6.42 Å². The summed E-state index contributed by atoms with van der Waals surface area (Å²) in [5.41, 5.74) is 0.701. The molecule has 0 saturated carbocycles. The summed E-state index contributed by atoms with van der Waals surface area (Å²) in [6.45, 7) is 6.69. The molecule has 1 aromatic carbocycles. The molecule has 1 atom stereocenters. The van der Waals surface area contributed by atoms with Crippen LogP contribution >= 0.6 is 0 Å². The van der Waals surface area contributed by atoms with Crippen LogP contribution < -0.4 is 15.4 Å². The number of carbonyl (C=O) groups excluding carboxylic acids is 1. The maximum Gasteiger partial charge on any atom is 0.257 e. The van der Waals surface area contributed by atoms with E-state index in [-0.39, 0.29) is 24.4 Å². The van der Waals surface area contributed by atoms with Crippen molar-refractivity contribution in [2.24, 2.45) is 5.92 Å². The first-order valence-electron chi connectivity index (χ1n) is 7.30. The van der Waals surface area contributed by atoms with Gasteiger partial charge in [0.2, 0.25) is 0 Å². The quantitative estimate of drug-likeness (QED) is 0.775. The van der Waals surface area contributed by atoms with Crippen LogP contribution in [0.3, 0.4) is 0 Å². The van der Waals surface area contributed by atoms with Gasteiger partial charge in [-0.3, -0.25) is 4.79 Å². The van der Waals surface area contributed by atoms with Gasteiger partial charge in [0, 0.05) is 18.2 Å². The summed E-state index contributed by atoms with van der Waals surface area (Å²) < 4.78 is 18.8. The van der Waals surface area contributed by atoms with Gasteiger partial charge in [-0.15, -0.1) is 0 Å². The second kappa shape index (κ2) is 8.62. The number of benzene rings is 1. The van der Waals surface area contributed by atoms with E-state index >= 15 is 0 Å². The van der Waals surface area contributed by atoms with Crippen molar-refractivity contribution < 1.29 is 13.9 Å². The van der Waals surface area contributed by atoms with Crippen LogP contribution in [-0.2, 0) is 4.79 Å². The van der Waals surface area contributed by atoms with Crippen molar-refractivity contribution in [1.29, 1.82) is 0 Å². The van der Waals surface area contributed by atoms with Crippen LogP contribution in [0.15, 0.2) is 18.2 Å². The lowest BCUT2D eigenvalue weighted by Crippen LogP contribution is -2.30. The van der Waals surface area contributed by atoms with Crippen molar-refractivity contribution in [2.75, 3.05) is 20.2 Å². The fourth-order valence-electron chi connectivity index (χ4n) is 1.84. The van der Waals surface area contributed by atoms with Gasteiger partial charge >= 0.3 is 0 Å². The molecule has 4 nitrogen and oxygen atoms in total. The van der Waals surface area contributed by atoms with Crippen LogP contribution in [0.2, 0.25) is 0 Å². The average Bonchev–Trinajstić information content (AvgIpc) is 2.44. The van der Waals surface area contributed by atoms with E-state index in [2.05, 4.69) is 24.5 Å². The summed E-state index contributed by atoms with van der Waals surface area (Å²) in [5.74, 6) is 0.590. The van der Waals surface area contributed by atoms with Crippen LogP contribution in [0.1, 0.15) is 38.8 Å². The fourth-order valence-corrected chi connectivity index (χ4v) is 1.84. The Morgan fingerprint density at radius 3 is 2.67 bits per heavy atom. The van der Waals surface area contributed by atoms with Crippen LogP contribution in [0, 0.1) is 11.7 Å². The zero-order valence-electron chi connectivity index (χ0n) is 13.2. The first-order valence-corrected chi connectivity index (χ1v) is 7.30. The molecule has 0 heterocycles. The first kappa shape index (κ1) is 17.4. The highest BCUT2D eigenvalue weighted by molar-refractivity contribution is 5.77. The molecule has 21 heavy (non-hydrogen) atoms. The van der Waals surface area contributed by atoms with Gasteiger partial charge in [-0.05, 0) is 44.5 Å².